The van der Waals surface area contributed by atoms with Gasteiger partial charge in [0.15, 0.2) is 0 Å². The number of rotatable bonds is 2. The van der Waals surface area contributed by atoms with Crippen molar-refractivity contribution in [2.75, 3.05) is 0 Å². The molecular formula is C22H32O4. The van der Waals surface area contributed by atoms with Gasteiger partial charge >= 0.3 is 11.9 Å². The van der Waals surface area contributed by atoms with Crippen LogP contribution < -0.4 is 0 Å². The molecule has 0 spiro atoms. The van der Waals surface area contributed by atoms with Crippen molar-refractivity contribution < 1.29 is 19.1 Å². The number of hydrogen-bond acceptors (Lipinski definition) is 4. The summed E-state index contributed by atoms with van der Waals surface area (Å²) < 4.78 is 12.1. The molecule has 3 saturated carbocycles. The lowest BCUT2D eigenvalue weighted by Gasteiger charge is -2.57. The van der Waals surface area contributed by atoms with E-state index in [1.54, 1.807) is 0 Å². The van der Waals surface area contributed by atoms with Crippen molar-refractivity contribution in [1.29, 1.82) is 0 Å². The van der Waals surface area contributed by atoms with E-state index in [2.05, 4.69) is 13.8 Å². The van der Waals surface area contributed by atoms with E-state index in [4.69, 9.17) is 9.47 Å². The zero-order valence-corrected chi connectivity index (χ0v) is 16.1. The first-order valence-corrected chi connectivity index (χ1v) is 11.0. The number of hydrogen-bond donors (Lipinski definition) is 0. The first kappa shape index (κ1) is 17.1. The van der Waals surface area contributed by atoms with E-state index < -0.39 is 0 Å². The summed E-state index contributed by atoms with van der Waals surface area (Å²) in [5.41, 5.74) is 0. The van der Waals surface area contributed by atoms with Gasteiger partial charge in [-0.3, -0.25) is 9.59 Å². The molecule has 4 nitrogen and oxygen atoms in total. The summed E-state index contributed by atoms with van der Waals surface area (Å²) in [6.45, 7) is 4.46. The van der Waals surface area contributed by atoms with Crippen molar-refractivity contribution in [3.63, 3.8) is 0 Å². The first-order valence-electron chi connectivity index (χ1n) is 11.0. The van der Waals surface area contributed by atoms with Gasteiger partial charge in [-0.15, -0.1) is 0 Å². The monoisotopic (exact) mass is 360 g/mol. The van der Waals surface area contributed by atoms with E-state index in [0.29, 0.717) is 23.7 Å². The van der Waals surface area contributed by atoms with Crippen LogP contribution in [-0.4, -0.2) is 24.1 Å². The van der Waals surface area contributed by atoms with Gasteiger partial charge in [-0.2, -0.15) is 0 Å². The van der Waals surface area contributed by atoms with Gasteiger partial charge in [0.2, 0.25) is 0 Å². The minimum Gasteiger partial charge on any atom is -0.462 e. The van der Waals surface area contributed by atoms with Crippen LogP contribution in [0.5, 0.6) is 0 Å². The SMILES string of the molecule is CCC1CCC2C(C1)OC(=O)C1C3CC(CC)CCC4OC(=O)C2C1[C@H]43. The van der Waals surface area contributed by atoms with Gasteiger partial charge in [-0.25, -0.2) is 0 Å². The van der Waals surface area contributed by atoms with Gasteiger partial charge in [0.05, 0.1) is 11.8 Å². The first-order chi connectivity index (χ1) is 12.6. The van der Waals surface area contributed by atoms with E-state index in [1.807, 2.05) is 0 Å². The second-order valence-corrected chi connectivity index (χ2v) is 9.66. The summed E-state index contributed by atoms with van der Waals surface area (Å²) in [6, 6.07) is 0. The molecule has 5 rings (SSSR count). The lowest BCUT2D eigenvalue weighted by atomic mass is 9.47. The second kappa shape index (κ2) is 6.24. The van der Waals surface area contributed by atoms with E-state index in [1.165, 1.54) is 0 Å². The van der Waals surface area contributed by atoms with Crippen molar-refractivity contribution in [1.82, 2.24) is 0 Å². The highest BCUT2D eigenvalue weighted by molar-refractivity contribution is 5.81. The summed E-state index contributed by atoms with van der Waals surface area (Å²) in [6.07, 6.45) is 8.62. The zero-order chi connectivity index (χ0) is 18.0. The Morgan fingerprint density at radius 3 is 2.08 bits per heavy atom. The van der Waals surface area contributed by atoms with Crippen molar-refractivity contribution in [2.45, 2.75) is 77.4 Å². The van der Waals surface area contributed by atoms with Crippen LogP contribution >= 0.6 is 0 Å². The number of ether oxygens (including phenoxy) is 2. The Balaban J connectivity index is 1.50. The van der Waals surface area contributed by atoms with Gasteiger partial charge in [0.25, 0.3) is 0 Å². The molecule has 4 heteroatoms. The highest BCUT2D eigenvalue weighted by Crippen LogP contribution is 2.63. The Morgan fingerprint density at radius 2 is 1.35 bits per heavy atom. The summed E-state index contributed by atoms with van der Waals surface area (Å²) in [5.74, 6) is 2.32. The van der Waals surface area contributed by atoms with Crippen molar-refractivity contribution in [2.24, 2.45) is 47.3 Å². The molecule has 26 heavy (non-hydrogen) atoms. The maximum Gasteiger partial charge on any atom is 0.309 e. The molecule has 0 bridgehead atoms. The van der Waals surface area contributed by atoms with Crippen LogP contribution in [0.3, 0.4) is 0 Å². The predicted molar refractivity (Wildman–Crippen MR) is 96.0 cm³/mol. The van der Waals surface area contributed by atoms with E-state index in [0.717, 1.165) is 51.4 Å². The summed E-state index contributed by atoms with van der Waals surface area (Å²) in [5, 5.41) is 0. The van der Waals surface area contributed by atoms with Crippen molar-refractivity contribution in [3.05, 3.63) is 0 Å². The number of fused-ring (bicyclic) bond motifs is 3. The number of carbonyl (C=O) groups is 2. The standard InChI is InChI=1S/C22H32O4/c1-3-11-6-8-15-17-14(9-11)19-20(17)18(21(23)25-15)13-7-5-12(4-2)10-16(13)26-22(19)24/h11-20H,3-10H2,1-2H3/t11?,12?,13?,14?,15?,16?,17-,18?,19?,20?/m0/s1. The smallest absolute Gasteiger partial charge is 0.309 e. The molecule has 3 aliphatic carbocycles. The van der Waals surface area contributed by atoms with Crippen LogP contribution in [0.25, 0.3) is 0 Å². The van der Waals surface area contributed by atoms with Crippen LogP contribution in [0, 0.1) is 47.3 Å². The topological polar surface area (TPSA) is 52.6 Å². The van der Waals surface area contributed by atoms with Crippen LogP contribution in [0.15, 0.2) is 0 Å². The third-order valence-electron chi connectivity index (χ3n) is 8.77. The Bertz CT molecular complexity index is 601. The summed E-state index contributed by atoms with van der Waals surface area (Å²) >= 11 is 0. The molecule has 0 radical (unpaired) electrons. The van der Waals surface area contributed by atoms with Crippen LogP contribution in [0.4, 0.5) is 0 Å². The number of esters is 2. The molecule has 2 heterocycles. The predicted octanol–water partition coefficient (Wildman–Crippen LogP) is 3.97. The maximum absolute atomic E-state index is 13.1. The Morgan fingerprint density at radius 1 is 0.731 bits per heavy atom. The lowest BCUT2D eigenvalue weighted by Crippen LogP contribution is -2.63. The fraction of sp³-hybridized carbons (Fsp3) is 0.909. The molecule has 5 fully saturated rings. The Labute approximate surface area is 156 Å². The minimum absolute atomic E-state index is 0.00991. The molecule has 2 aliphatic heterocycles. The van der Waals surface area contributed by atoms with Crippen LogP contribution in [0.2, 0.25) is 0 Å². The fourth-order valence-corrected chi connectivity index (χ4v) is 7.35. The molecule has 0 aromatic carbocycles. The molecule has 5 aliphatic rings. The van der Waals surface area contributed by atoms with Gasteiger partial charge < -0.3 is 9.47 Å². The molecule has 0 aromatic rings. The van der Waals surface area contributed by atoms with Gasteiger partial charge in [-0.05, 0) is 62.2 Å². The fourth-order valence-electron chi connectivity index (χ4n) is 7.35. The molecular weight excluding hydrogens is 328 g/mol. The van der Waals surface area contributed by atoms with Crippen molar-refractivity contribution >= 4 is 11.9 Å². The molecule has 10 atom stereocenters. The third kappa shape index (κ3) is 2.32. The van der Waals surface area contributed by atoms with E-state index in [9.17, 15) is 9.59 Å². The average Bonchev–Trinajstić information content (AvgIpc) is 2.84. The quantitative estimate of drug-likeness (QED) is 0.699. The van der Waals surface area contributed by atoms with Crippen LogP contribution in [0.1, 0.15) is 65.2 Å². The normalized spacial score (nSPS) is 52.4. The van der Waals surface area contributed by atoms with Crippen LogP contribution in [-0.2, 0) is 19.1 Å². The summed E-state index contributed by atoms with van der Waals surface area (Å²) in [7, 11) is 0. The third-order valence-corrected chi connectivity index (χ3v) is 8.77. The molecule has 2 saturated heterocycles. The Hall–Kier alpha value is -1.06. The van der Waals surface area contributed by atoms with Crippen molar-refractivity contribution in [3.8, 4) is 0 Å². The zero-order valence-electron chi connectivity index (χ0n) is 16.1. The highest BCUT2D eigenvalue weighted by atomic mass is 16.6. The highest BCUT2D eigenvalue weighted by Gasteiger charge is 2.68. The minimum atomic E-state index is -0.0927. The van der Waals surface area contributed by atoms with E-state index in [-0.39, 0.29) is 47.8 Å². The average molecular weight is 360 g/mol. The molecule has 0 N–H and O–H groups in total. The molecule has 144 valence electrons. The maximum atomic E-state index is 13.1. The molecule has 0 aromatic heterocycles. The summed E-state index contributed by atoms with van der Waals surface area (Å²) in [4.78, 5) is 26.1. The molecule has 9 unspecified atom stereocenters. The second-order valence-electron chi connectivity index (χ2n) is 9.66. The number of carbonyl (C=O) groups excluding carboxylic acids is 2. The van der Waals surface area contributed by atoms with Gasteiger partial charge in [0.1, 0.15) is 12.2 Å². The Kier molecular flexibility index (Phi) is 4.09. The molecule has 0 amide bonds. The van der Waals surface area contributed by atoms with E-state index >= 15 is 0 Å². The lowest BCUT2D eigenvalue weighted by molar-refractivity contribution is -0.212. The largest absolute Gasteiger partial charge is 0.462 e. The van der Waals surface area contributed by atoms with Gasteiger partial charge in [-0.1, -0.05) is 26.7 Å². The van der Waals surface area contributed by atoms with Gasteiger partial charge in [0, 0.05) is 11.8 Å².